The number of para-hydroxylation sites is 1. The van der Waals surface area contributed by atoms with Gasteiger partial charge in [-0.05, 0) is 44.1 Å². The van der Waals surface area contributed by atoms with Gasteiger partial charge in [0.25, 0.3) is 0 Å². The fourth-order valence-electron chi connectivity index (χ4n) is 6.03. The monoisotopic (exact) mass is 477 g/mol. The molecule has 3 aromatic carbocycles. The zero-order valence-corrected chi connectivity index (χ0v) is 19.9. The topological polar surface area (TPSA) is 63.7 Å². The van der Waals surface area contributed by atoms with Crippen LogP contribution in [-0.2, 0) is 0 Å². The number of ketones is 3. The summed E-state index contributed by atoms with van der Waals surface area (Å²) in [4.78, 5) is 44.3. The van der Waals surface area contributed by atoms with Gasteiger partial charge in [-0.2, -0.15) is 0 Å². The number of hydrogen-bond acceptors (Lipinski definition) is 5. The summed E-state index contributed by atoms with van der Waals surface area (Å²) >= 11 is 0. The highest BCUT2D eigenvalue weighted by Gasteiger charge is 2.54. The quantitative estimate of drug-likeness (QED) is 0.471. The van der Waals surface area contributed by atoms with Crippen LogP contribution in [0.25, 0.3) is 0 Å². The molecule has 1 aliphatic carbocycles. The van der Waals surface area contributed by atoms with Crippen LogP contribution in [-0.4, -0.2) is 41.4 Å². The van der Waals surface area contributed by atoms with Gasteiger partial charge < -0.3 is 4.74 Å². The van der Waals surface area contributed by atoms with E-state index in [2.05, 4.69) is 4.90 Å². The first kappa shape index (κ1) is 22.6. The molecule has 1 saturated heterocycles. The van der Waals surface area contributed by atoms with E-state index in [-0.39, 0.29) is 17.3 Å². The molecular formula is C31H27NO4. The average molecular weight is 478 g/mol. The highest BCUT2D eigenvalue weighted by atomic mass is 16.5. The maximum Gasteiger partial charge on any atom is 0.178 e. The number of benzene rings is 3. The van der Waals surface area contributed by atoms with Crippen LogP contribution >= 0.6 is 0 Å². The van der Waals surface area contributed by atoms with Crippen molar-refractivity contribution in [2.24, 2.45) is 17.8 Å². The first-order valence-electron chi connectivity index (χ1n) is 12.6. The first-order chi connectivity index (χ1) is 17.6. The molecule has 5 nitrogen and oxygen atoms in total. The Morgan fingerprint density at radius 2 is 1.33 bits per heavy atom. The van der Waals surface area contributed by atoms with E-state index in [1.165, 1.54) is 0 Å². The summed E-state index contributed by atoms with van der Waals surface area (Å²) in [5, 5.41) is 0. The lowest BCUT2D eigenvalue weighted by Crippen LogP contribution is -2.57. The van der Waals surface area contributed by atoms with E-state index >= 15 is 0 Å². The molecular weight excluding hydrogens is 450 g/mol. The van der Waals surface area contributed by atoms with E-state index in [4.69, 9.17) is 4.74 Å². The highest BCUT2D eigenvalue weighted by Crippen LogP contribution is 2.46. The second-order valence-corrected chi connectivity index (χ2v) is 9.75. The Bertz CT molecular complexity index is 1340. The molecule has 3 aromatic rings. The third-order valence-electron chi connectivity index (χ3n) is 7.69. The van der Waals surface area contributed by atoms with Crippen LogP contribution in [0.4, 0.5) is 0 Å². The SMILES string of the molecule is O=C1c2ccccc2OC2=C[C@@H](C(=O)c3ccccc3)[C@H](C(=O)c3ccccc3)[C@@H](N3CCCC3)[C@@H]12. The van der Waals surface area contributed by atoms with Crippen molar-refractivity contribution in [3.63, 3.8) is 0 Å². The van der Waals surface area contributed by atoms with Crippen LogP contribution in [0.3, 0.4) is 0 Å². The number of Topliss-reactive ketones (excluding diaryl/α,β-unsaturated/α-hetero) is 3. The summed E-state index contributed by atoms with van der Waals surface area (Å²) in [6.45, 7) is 1.57. The van der Waals surface area contributed by atoms with Gasteiger partial charge in [0.15, 0.2) is 17.3 Å². The van der Waals surface area contributed by atoms with Gasteiger partial charge in [0, 0.05) is 17.2 Å². The molecule has 2 heterocycles. The molecule has 6 rings (SSSR count). The Balaban J connectivity index is 1.54. The number of carbonyl (C=O) groups is 3. The van der Waals surface area contributed by atoms with Gasteiger partial charge in [0.05, 0.1) is 23.3 Å². The standard InChI is InChI=1S/C31H27NO4/c33-29(20-11-3-1-4-12-20)23-19-25-27(31(35)22-15-7-8-16-24(22)36-25)28(32-17-9-10-18-32)26(23)30(34)21-13-5-2-6-14-21/h1-8,11-16,19,23,26-28H,9-10,17-18H2/t23-,26+,27+,28-/m1/s1. The van der Waals surface area contributed by atoms with Crippen molar-refractivity contribution in [1.82, 2.24) is 4.90 Å². The largest absolute Gasteiger partial charge is 0.460 e. The molecule has 0 radical (unpaired) electrons. The van der Waals surface area contributed by atoms with Crippen molar-refractivity contribution in [3.8, 4) is 5.75 Å². The van der Waals surface area contributed by atoms with Crippen LogP contribution in [0.15, 0.2) is 96.8 Å². The number of ether oxygens (including phenoxy) is 1. The number of likely N-dealkylation sites (tertiary alicyclic amines) is 1. The maximum absolute atomic E-state index is 14.2. The number of carbonyl (C=O) groups excluding carboxylic acids is 3. The van der Waals surface area contributed by atoms with Crippen LogP contribution in [0, 0.1) is 17.8 Å². The van der Waals surface area contributed by atoms with Gasteiger partial charge in [0.1, 0.15) is 11.5 Å². The van der Waals surface area contributed by atoms with Crippen LogP contribution in [0.5, 0.6) is 5.75 Å². The molecule has 4 atom stereocenters. The van der Waals surface area contributed by atoms with E-state index < -0.39 is 23.8 Å². The molecule has 0 aromatic heterocycles. The molecule has 180 valence electrons. The first-order valence-corrected chi connectivity index (χ1v) is 12.6. The molecule has 2 aliphatic heterocycles. The van der Waals surface area contributed by atoms with Crippen molar-refractivity contribution in [2.75, 3.05) is 13.1 Å². The molecule has 3 aliphatic rings. The van der Waals surface area contributed by atoms with Gasteiger partial charge in [0.2, 0.25) is 0 Å². The summed E-state index contributed by atoms with van der Waals surface area (Å²) in [6.07, 6.45) is 3.75. The summed E-state index contributed by atoms with van der Waals surface area (Å²) in [5.74, 6) is -1.36. The minimum Gasteiger partial charge on any atom is -0.460 e. The molecule has 0 spiro atoms. The molecule has 36 heavy (non-hydrogen) atoms. The number of nitrogens with zero attached hydrogens (tertiary/aromatic N) is 1. The Morgan fingerprint density at radius 1 is 0.750 bits per heavy atom. The molecule has 0 unspecified atom stereocenters. The van der Waals surface area contributed by atoms with E-state index in [1.54, 1.807) is 42.5 Å². The minimum absolute atomic E-state index is 0.0449. The lowest BCUT2D eigenvalue weighted by molar-refractivity contribution is 0.0420. The van der Waals surface area contributed by atoms with E-state index in [9.17, 15) is 14.4 Å². The zero-order chi connectivity index (χ0) is 24.6. The molecule has 0 amide bonds. The lowest BCUT2D eigenvalue weighted by Gasteiger charge is -2.46. The van der Waals surface area contributed by atoms with Gasteiger partial charge in [-0.25, -0.2) is 0 Å². The van der Waals surface area contributed by atoms with Crippen LogP contribution < -0.4 is 4.74 Å². The summed E-state index contributed by atoms with van der Waals surface area (Å²) in [5.41, 5.74) is 1.63. The molecule has 5 heteroatoms. The summed E-state index contributed by atoms with van der Waals surface area (Å²) < 4.78 is 6.30. The van der Waals surface area contributed by atoms with E-state index in [0.717, 1.165) is 25.9 Å². The molecule has 0 bridgehead atoms. The van der Waals surface area contributed by atoms with Crippen molar-refractivity contribution >= 4 is 17.3 Å². The van der Waals surface area contributed by atoms with Gasteiger partial charge >= 0.3 is 0 Å². The molecule has 0 saturated carbocycles. The van der Waals surface area contributed by atoms with E-state index in [0.29, 0.717) is 28.2 Å². The number of hydrogen-bond donors (Lipinski definition) is 0. The van der Waals surface area contributed by atoms with Crippen LogP contribution in [0.2, 0.25) is 0 Å². The maximum atomic E-state index is 14.2. The summed E-state index contributed by atoms with van der Waals surface area (Å²) in [7, 11) is 0. The van der Waals surface area contributed by atoms with Crippen molar-refractivity contribution in [1.29, 1.82) is 0 Å². The third-order valence-corrected chi connectivity index (χ3v) is 7.69. The second kappa shape index (κ2) is 9.32. The Labute approximate surface area is 210 Å². The predicted molar refractivity (Wildman–Crippen MR) is 136 cm³/mol. The van der Waals surface area contributed by atoms with Crippen molar-refractivity contribution in [2.45, 2.75) is 18.9 Å². The number of allylic oxidation sites excluding steroid dienone is 1. The number of rotatable bonds is 5. The zero-order valence-electron chi connectivity index (χ0n) is 19.9. The lowest BCUT2D eigenvalue weighted by atomic mass is 9.65. The Hall–Kier alpha value is -3.83. The Morgan fingerprint density at radius 3 is 2.00 bits per heavy atom. The van der Waals surface area contributed by atoms with Crippen molar-refractivity contribution in [3.05, 3.63) is 113 Å². The Kier molecular flexibility index (Phi) is 5.86. The average Bonchev–Trinajstić information content (AvgIpc) is 3.47. The third kappa shape index (κ3) is 3.80. The van der Waals surface area contributed by atoms with E-state index in [1.807, 2.05) is 48.5 Å². The molecule has 0 N–H and O–H groups in total. The fraction of sp³-hybridized carbons (Fsp3) is 0.258. The highest BCUT2D eigenvalue weighted by molar-refractivity contribution is 6.09. The summed E-state index contributed by atoms with van der Waals surface area (Å²) in [6, 6.07) is 25.0. The molecule has 1 fully saturated rings. The normalized spacial score (nSPS) is 25.3. The van der Waals surface area contributed by atoms with Gasteiger partial charge in [-0.1, -0.05) is 72.8 Å². The smallest absolute Gasteiger partial charge is 0.178 e. The van der Waals surface area contributed by atoms with Crippen LogP contribution in [0.1, 0.15) is 43.9 Å². The second-order valence-electron chi connectivity index (χ2n) is 9.75. The fourth-order valence-corrected chi connectivity index (χ4v) is 6.03. The predicted octanol–water partition coefficient (Wildman–Crippen LogP) is 5.24. The van der Waals surface area contributed by atoms with Crippen molar-refractivity contribution < 1.29 is 19.1 Å². The number of fused-ring (bicyclic) bond motifs is 2. The van der Waals surface area contributed by atoms with Gasteiger partial charge in [-0.3, -0.25) is 19.3 Å². The van der Waals surface area contributed by atoms with Gasteiger partial charge in [-0.15, -0.1) is 0 Å². The minimum atomic E-state index is -0.741.